The van der Waals surface area contributed by atoms with Crippen LogP contribution in [-0.4, -0.2) is 17.4 Å². The van der Waals surface area contributed by atoms with Gasteiger partial charge < -0.3 is 5.73 Å². The van der Waals surface area contributed by atoms with Gasteiger partial charge in [0.1, 0.15) is 5.54 Å². The molecule has 1 unspecified atom stereocenters. The molecule has 1 aliphatic heterocycles. The summed E-state index contributed by atoms with van der Waals surface area (Å²) >= 11 is 0. The zero-order chi connectivity index (χ0) is 9.47. The Balaban J connectivity index is 2.05. The molecule has 0 saturated heterocycles. The SMILES string of the molecule is CC1(CC2CCC2)N=C(N)NC1=O. The van der Waals surface area contributed by atoms with E-state index in [0.717, 1.165) is 6.42 Å². The van der Waals surface area contributed by atoms with E-state index in [0.29, 0.717) is 5.92 Å². The number of hydrogen-bond acceptors (Lipinski definition) is 3. The molecule has 1 amide bonds. The summed E-state index contributed by atoms with van der Waals surface area (Å²) in [5, 5.41) is 2.55. The smallest absolute Gasteiger partial charge is 0.254 e. The van der Waals surface area contributed by atoms with Gasteiger partial charge in [-0.25, -0.2) is 4.99 Å². The summed E-state index contributed by atoms with van der Waals surface area (Å²) in [7, 11) is 0. The zero-order valence-corrected chi connectivity index (χ0v) is 7.84. The highest BCUT2D eigenvalue weighted by molar-refractivity contribution is 6.06. The average Bonchev–Trinajstić information content (AvgIpc) is 2.19. The Morgan fingerprint density at radius 1 is 1.69 bits per heavy atom. The summed E-state index contributed by atoms with van der Waals surface area (Å²) in [6, 6.07) is 0. The Labute approximate surface area is 77.6 Å². The first kappa shape index (κ1) is 8.53. The molecule has 3 N–H and O–H groups in total. The summed E-state index contributed by atoms with van der Waals surface area (Å²) in [4.78, 5) is 15.6. The lowest BCUT2D eigenvalue weighted by Gasteiger charge is -2.30. The lowest BCUT2D eigenvalue weighted by molar-refractivity contribution is -0.124. The van der Waals surface area contributed by atoms with Crippen molar-refractivity contribution in [3.8, 4) is 0 Å². The third kappa shape index (κ3) is 1.41. The number of hydrogen-bond donors (Lipinski definition) is 2. The largest absolute Gasteiger partial charge is 0.370 e. The van der Waals surface area contributed by atoms with E-state index in [-0.39, 0.29) is 11.9 Å². The third-order valence-corrected chi connectivity index (χ3v) is 3.01. The fourth-order valence-corrected chi connectivity index (χ4v) is 1.99. The first-order valence-electron chi connectivity index (χ1n) is 4.77. The number of carbonyl (C=O) groups is 1. The van der Waals surface area contributed by atoms with Gasteiger partial charge >= 0.3 is 0 Å². The molecule has 0 bridgehead atoms. The fourth-order valence-electron chi connectivity index (χ4n) is 1.99. The number of guanidine groups is 1. The molecule has 0 aromatic heterocycles. The second kappa shape index (κ2) is 2.72. The Morgan fingerprint density at radius 3 is 2.77 bits per heavy atom. The summed E-state index contributed by atoms with van der Waals surface area (Å²) in [5.41, 5.74) is 4.87. The quantitative estimate of drug-likeness (QED) is 0.646. The Kier molecular flexibility index (Phi) is 1.78. The number of amides is 1. The number of carbonyl (C=O) groups excluding carboxylic acids is 1. The monoisotopic (exact) mass is 181 g/mol. The number of nitrogens with zero attached hydrogens (tertiary/aromatic N) is 1. The van der Waals surface area contributed by atoms with Crippen LogP contribution >= 0.6 is 0 Å². The van der Waals surface area contributed by atoms with Crippen molar-refractivity contribution in [2.75, 3.05) is 0 Å². The van der Waals surface area contributed by atoms with Gasteiger partial charge in [-0.1, -0.05) is 19.3 Å². The van der Waals surface area contributed by atoms with Crippen LogP contribution in [-0.2, 0) is 4.79 Å². The normalized spacial score (nSPS) is 33.9. The van der Waals surface area contributed by atoms with E-state index in [1.54, 1.807) is 0 Å². The van der Waals surface area contributed by atoms with Gasteiger partial charge in [-0.3, -0.25) is 10.1 Å². The maximum atomic E-state index is 11.5. The zero-order valence-electron chi connectivity index (χ0n) is 7.84. The minimum absolute atomic E-state index is 0.0445. The van der Waals surface area contributed by atoms with E-state index in [9.17, 15) is 4.79 Å². The van der Waals surface area contributed by atoms with Gasteiger partial charge in [-0.2, -0.15) is 0 Å². The van der Waals surface area contributed by atoms with Gasteiger partial charge in [-0.05, 0) is 19.3 Å². The summed E-state index contributed by atoms with van der Waals surface area (Å²) in [5.74, 6) is 0.897. The highest BCUT2D eigenvalue weighted by Crippen LogP contribution is 2.36. The van der Waals surface area contributed by atoms with Crippen molar-refractivity contribution >= 4 is 11.9 Å². The minimum Gasteiger partial charge on any atom is -0.370 e. The lowest BCUT2D eigenvalue weighted by atomic mass is 9.77. The van der Waals surface area contributed by atoms with Crippen LogP contribution in [0.15, 0.2) is 4.99 Å². The molecule has 2 rings (SSSR count). The van der Waals surface area contributed by atoms with Gasteiger partial charge in [0.05, 0.1) is 0 Å². The molecule has 1 saturated carbocycles. The summed E-state index contributed by atoms with van der Waals surface area (Å²) in [6.45, 7) is 1.86. The average molecular weight is 181 g/mol. The van der Waals surface area contributed by atoms with Crippen LogP contribution in [0, 0.1) is 5.92 Å². The number of nitrogens with two attached hydrogens (primary N) is 1. The molecule has 0 radical (unpaired) electrons. The molecule has 1 fully saturated rings. The Bertz CT molecular complexity index is 270. The highest BCUT2D eigenvalue weighted by atomic mass is 16.2. The summed E-state index contributed by atoms with van der Waals surface area (Å²) in [6.07, 6.45) is 4.61. The van der Waals surface area contributed by atoms with E-state index in [1.807, 2.05) is 6.92 Å². The summed E-state index contributed by atoms with van der Waals surface area (Å²) < 4.78 is 0. The second-order valence-electron chi connectivity index (χ2n) is 4.23. The number of nitrogens with one attached hydrogen (secondary N) is 1. The fraction of sp³-hybridized carbons (Fsp3) is 0.778. The van der Waals surface area contributed by atoms with Crippen LogP contribution in [0.5, 0.6) is 0 Å². The molecule has 1 atom stereocenters. The van der Waals surface area contributed by atoms with Gasteiger partial charge in [0.25, 0.3) is 5.91 Å². The van der Waals surface area contributed by atoms with Crippen molar-refractivity contribution in [1.29, 1.82) is 0 Å². The molecular weight excluding hydrogens is 166 g/mol. The predicted molar refractivity (Wildman–Crippen MR) is 50.1 cm³/mol. The van der Waals surface area contributed by atoms with Crippen molar-refractivity contribution in [3.05, 3.63) is 0 Å². The van der Waals surface area contributed by atoms with Crippen molar-refractivity contribution in [3.63, 3.8) is 0 Å². The maximum Gasteiger partial charge on any atom is 0.254 e. The Hall–Kier alpha value is -1.06. The van der Waals surface area contributed by atoms with Crippen LogP contribution < -0.4 is 11.1 Å². The van der Waals surface area contributed by atoms with Crippen LogP contribution in [0.4, 0.5) is 0 Å². The van der Waals surface area contributed by atoms with Gasteiger partial charge in [0.15, 0.2) is 5.96 Å². The molecule has 4 nitrogen and oxygen atoms in total. The van der Waals surface area contributed by atoms with Gasteiger partial charge in [-0.15, -0.1) is 0 Å². The molecule has 0 spiro atoms. The molecule has 2 aliphatic rings. The standard InChI is InChI=1S/C9H15N3O/c1-9(5-6-3-2-4-6)7(13)11-8(10)12-9/h6H,2-5H2,1H3,(H3,10,11,12,13). The van der Waals surface area contributed by atoms with Crippen molar-refractivity contribution in [2.24, 2.45) is 16.6 Å². The first-order valence-corrected chi connectivity index (χ1v) is 4.77. The van der Waals surface area contributed by atoms with Crippen LogP contribution in [0.2, 0.25) is 0 Å². The third-order valence-electron chi connectivity index (χ3n) is 3.01. The molecule has 13 heavy (non-hydrogen) atoms. The molecule has 1 aliphatic carbocycles. The molecule has 0 aromatic rings. The minimum atomic E-state index is -0.588. The predicted octanol–water partition coefficient (Wildman–Crippen LogP) is 0.380. The topological polar surface area (TPSA) is 67.5 Å². The lowest BCUT2D eigenvalue weighted by Crippen LogP contribution is -2.40. The highest BCUT2D eigenvalue weighted by Gasteiger charge is 2.41. The van der Waals surface area contributed by atoms with E-state index in [1.165, 1.54) is 19.3 Å². The van der Waals surface area contributed by atoms with Crippen LogP contribution in [0.3, 0.4) is 0 Å². The van der Waals surface area contributed by atoms with E-state index >= 15 is 0 Å². The molecule has 0 aromatic carbocycles. The second-order valence-corrected chi connectivity index (χ2v) is 4.23. The van der Waals surface area contributed by atoms with Crippen molar-refractivity contribution in [2.45, 2.75) is 38.1 Å². The molecule has 4 heteroatoms. The molecular formula is C9H15N3O. The van der Waals surface area contributed by atoms with Crippen LogP contribution in [0.1, 0.15) is 32.6 Å². The number of rotatable bonds is 2. The maximum absolute atomic E-state index is 11.5. The van der Waals surface area contributed by atoms with Crippen LogP contribution in [0.25, 0.3) is 0 Å². The van der Waals surface area contributed by atoms with Gasteiger partial charge in [0, 0.05) is 0 Å². The van der Waals surface area contributed by atoms with Crippen molar-refractivity contribution < 1.29 is 4.79 Å². The molecule has 72 valence electrons. The van der Waals surface area contributed by atoms with Gasteiger partial charge in [0.2, 0.25) is 0 Å². The van der Waals surface area contributed by atoms with E-state index < -0.39 is 5.54 Å². The van der Waals surface area contributed by atoms with Crippen molar-refractivity contribution in [1.82, 2.24) is 5.32 Å². The Morgan fingerprint density at radius 2 is 2.38 bits per heavy atom. The van der Waals surface area contributed by atoms with E-state index in [2.05, 4.69) is 10.3 Å². The first-order chi connectivity index (χ1) is 6.10. The number of aliphatic imine (C=N–C) groups is 1. The molecule has 1 heterocycles. The van der Waals surface area contributed by atoms with E-state index in [4.69, 9.17) is 5.73 Å².